The number of carbonyl (C=O) groups excluding carboxylic acids is 1. The zero-order valence-corrected chi connectivity index (χ0v) is 13.9. The average molecular weight is 358 g/mol. The number of carboxylic acid groups (broad SMARTS) is 1. The first-order chi connectivity index (χ1) is 10.8. The Bertz CT molecular complexity index is 664. The van der Waals surface area contributed by atoms with Gasteiger partial charge >= 0.3 is 5.97 Å². The van der Waals surface area contributed by atoms with E-state index in [4.69, 9.17) is 23.2 Å². The van der Waals surface area contributed by atoms with Crippen LogP contribution in [0.25, 0.3) is 0 Å². The minimum Gasteiger partial charge on any atom is -0.506 e. The molecule has 0 spiro atoms. The highest BCUT2D eigenvalue weighted by Crippen LogP contribution is 2.52. The molecule has 7 heteroatoms. The molecule has 0 aromatic heterocycles. The maximum absolute atomic E-state index is 12.5. The van der Waals surface area contributed by atoms with E-state index in [9.17, 15) is 19.8 Å². The van der Waals surface area contributed by atoms with E-state index in [1.54, 1.807) is 0 Å². The lowest BCUT2D eigenvalue weighted by Gasteiger charge is -2.51. The molecule has 0 atom stereocenters. The second-order valence-electron chi connectivity index (χ2n) is 6.60. The van der Waals surface area contributed by atoms with Crippen LogP contribution < -0.4 is 5.32 Å². The predicted octanol–water partition coefficient (Wildman–Crippen LogP) is 3.61. The van der Waals surface area contributed by atoms with Gasteiger partial charge in [0.1, 0.15) is 5.75 Å². The third-order valence-corrected chi connectivity index (χ3v) is 5.86. The number of aliphatic carboxylic acids is 1. The summed E-state index contributed by atoms with van der Waals surface area (Å²) in [6, 6.07) is 2.75. The first-order valence-electron chi connectivity index (χ1n) is 7.51. The number of nitrogens with one attached hydrogen (secondary N) is 1. The standard InChI is InChI=1S/C16H17Cl2NO4/c17-9-7-10(12(20)11(18)8-9)13(21)19-16-4-1-15(2-5-16,3-6-16)14(22)23/h7-8,20H,1-6H2,(H,19,21)(H,22,23). The highest BCUT2D eigenvalue weighted by atomic mass is 35.5. The summed E-state index contributed by atoms with van der Waals surface area (Å²) >= 11 is 11.8. The van der Waals surface area contributed by atoms with Crippen LogP contribution in [0.3, 0.4) is 0 Å². The van der Waals surface area contributed by atoms with Crippen molar-refractivity contribution in [2.75, 3.05) is 0 Å². The summed E-state index contributed by atoms with van der Waals surface area (Å²) in [6.45, 7) is 0. The van der Waals surface area contributed by atoms with Crippen molar-refractivity contribution in [3.63, 3.8) is 0 Å². The molecule has 3 aliphatic carbocycles. The number of rotatable bonds is 3. The predicted molar refractivity (Wildman–Crippen MR) is 86.1 cm³/mol. The normalized spacial score (nSPS) is 29.3. The lowest BCUT2D eigenvalue weighted by Crippen LogP contribution is -2.58. The summed E-state index contributed by atoms with van der Waals surface area (Å²) in [5.41, 5.74) is -0.999. The van der Waals surface area contributed by atoms with Crippen molar-refractivity contribution in [1.29, 1.82) is 0 Å². The Morgan fingerprint density at radius 1 is 1.04 bits per heavy atom. The first-order valence-corrected chi connectivity index (χ1v) is 8.27. The lowest BCUT2D eigenvalue weighted by atomic mass is 9.57. The molecule has 5 nitrogen and oxygen atoms in total. The number of carboxylic acids is 1. The minimum absolute atomic E-state index is 0.0253. The van der Waals surface area contributed by atoms with Gasteiger partial charge in [-0.2, -0.15) is 0 Å². The smallest absolute Gasteiger partial charge is 0.309 e. The van der Waals surface area contributed by atoms with Gasteiger partial charge in [0.2, 0.25) is 0 Å². The number of carbonyl (C=O) groups is 2. The van der Waals surface area contributed by atoms with Crippen molar-refractivity contribution in [2.45, 2.75) is 44.1 Å². The Morgan fingerprint density at radius 3 is 2.13 bits per heavy atom. The Morgan fingerprint density at radius 2 is 1.61 bits per heavy atom. The lowest BCUT2D eigenvalue weighted by molar-refractivity contribution is -0.156. The van der Waals surface area contributed by atoms with Gasteiger partial charge in [0.05, 0.1) is 16.0 Å². The molecule has 0 aliphatic heterocycles. The number of halogens is 2. The van der Waals surface area contributed by atoms with Crippen LogP contribution in [0.1, 0.15) is 48.9 Å². The van der Waals surface area contributed by atoms with Gasteiger partial charge < -0.3 is 15.5 Å². The number of hydrogen-bond acceptors (Lipinski definition) is 3. The van der Waals surface area contributed by atoms with Crippen LogP contribution in [0.5, 0.6) is 5.75 Å². The quantitative estimate of drug-likeness (QED) is 0.771. The van der Waals surface area contributed by atoms with Crippen molar-refractivity contribution in [3.8, 4) is 5.75 Å². The first kappa shape index (κ1) is 16.4. The van der Waals surface area contributed by atoms with E-state index >= 15 is 0 Å². The fourth-order valence-electron chi connectivity index (χ4n) is 3.74. The van der Waals surface area contributed by atoms with E-state index < -0.39 is 22.8 Å². The SMILES string of the molecule is O=C(NC12CCC(C(=O)O)(CC1)CC2)c1cc(Cl)cc(Cl)c1O. The van der Waals surface area contributed by atoms with Crippen LogP contribution in [0.2, 0.25) is 10.0 Å². The highest BCUT2D eigenvalue weighted by Gasteiger charge is 2.53. The number of phenols is 1. The summed E-state index contributed by atoms with van der Waals surface area (Å²) in [7, 11) is 0. The molecule has 3 N–H and O–H groups in total. The van der Waals surface area contributed by atoms with Crippen molar-refractivity contribution in [3.05, 3.63) is 27.7 Å². The molecule has 0 unspecified atom stereocenters. The molecule has 124 valence electrons. The number of phenolic OH excluding ortho intramolecular Hbond substituents is 1. The molecule has 23 heavy (non-hydrogen) atoms. The van der Waals surface area contributed by atoms with Gasteiger partial charge in [0, 0.05) is 10.6 Å². The molecule has 0 saturated heterocycles. The van der Waals surface area contributed by atoms with Gasteiger partial charge in [-0.1, -0.05) is 23.2 Å². The molecular formula is C16H17Cl2NO4. The topological polar surface area (TPSA) is 86.6 Å². The summed E-state index contributed by atoms with van der Waals surface area (Å²) in [4.78, 5) is 24.0. The molecule has 1 amide bonds. The molecule has 0 heterocycles. The van der Waals surface area contributed by atoms with Crippen LogP contribution in [0, 0.1) is 5.41 Å². The van der Waals surface area contributed by atoms with Crippen LogP contribution in [-0.2, 0) is 4.79 Å². The summed E-state index contributed by atoms with van der Waals surface area (Å²) in [5.74, 6) is -1.47. The largest absolute Gasteiger partial charge is 0.506 e. The molecule has 1 aromatic rings. The van der Waals surface area contributed by atoms with E-state index in [0.717, 1.165) is 0 Å². The monoisotopic (exact) mass is 357 g/mol. The molecule has 2 bridgehead atoms. The third kappa shape index (κ3) is 2.76. The van der Waals surface area contributed by atoms with Gasteiger partial charge in [-0.15, -0.1) is 0 Å². The Kier molecular flexibility index (Phi) is 3.97. The van der Waals surface area contributed by atoms with Crippen molar-refractivity contribution >= 4 is 35.1 Å². The summed E-state index contributed by atoms with van der Waals surface area (Å²) < 4.78 is 0. The molecule has 1 aromatic carbocycles. The Balaban J connectivity index is 1.79. The maximum Gasteiger partial charge on any atom is 0.309 e. The molecule has 3 saturated carbocycles. The number of hydrogen-bond donors (Lipinski definition) is 3. The van der Waals surface area contributed by atoms with Gasteiger partial charge in [-0.05, 0) is 50.7 Å². The summed E-state index contributed by atoms with van der Waals surface area (Å²) in [6.07, 6.45) is 3.56. The van der Waals surface area contributed by atoms with Crippen LogP contribution in [-0.4, -0.2) is 27.6 Å². The zero-order valence-electron chi connectivity index (χ0n) is 12.4. The van der Waals surface area contributed by atoms with Gasteiger partial charge in [0.15, 0.2) is 0 Å². The fourth-order valence-corrected chi connectivity index (χ4v) is 4.23. The molecular weight excluding hydrogens is 341 g/mol. The molecule has 3 aliphatic rings. The van der Waals surface area contributed by atoms with E-state index in [0.29, 0.717) is 38.5 Å². The molecule has 0 radical (unpaired) electrons. The third-order valence-electron chi connectivity index (χ3n) is 5.35. The van der Waals surface area contributed by atoms with Crippen LogP contribution in [0.4, 0.5) is 0 Å². The number of amides is 1. The van der Waals surface area contributed by atoms with E-state index in [1.165, 1.54) is 12.1 Å². The fraction of sp³-hybridized carbons (Fsp3) is 0.500. The van der Waals surface area contributed by atoms with Gasteiger partial charge in [-0.25, -0.2) is 0 Å². The number of fused-ring (bicyclic) bond motifs is 3. The van der Waals surface area contributed by atoms with Crippen molar-refractivity contribution in [1.82, 2.24) is 5.32 Å². The van der Waals surface area contributed by atoms with Crippen LogP contribution >= 0.6 is 23.2 Å². The van der Waals surface area contributed by atoms with E-state index in [2.05, 4.69) is 5.32 Å². The van der Waals surface area contributed by atoms with Crippen LogP contribution in [0.15, 0.2) is 12.1 Å². The van der Waals surface area contributed by atoms with Gasteiger partial charge in [0.25, 0.3) is 5.91 Å². The van der Waals surface area contributed by atoms with E-state index in [-0.39, 0.29) is 21.4 Å². The Labute approximate surface area is 143 Å². The second kappa shape index (κ2) is 5.56. The van der Waals surface area contributed by atoms with Crippen molar-refractivity contribution in [2.24, 2.45) is 5.41 Å². The number of benzene rings is 1. The highest BCUT2D eigenvalue weighted by molar-refractivity contribution is 6.36. The Hall–Kier alpha value is -1.46. The second-order valence-corrected chi connectivity index (χ2v) is 7.45. The zero-order chi connectivity index (χ0) is 16.8. The van der Waals surface area contributed by atoms with Gasteiger partial charge in [-0.3, -0.25) is 9.59 Å². The molecule has 3 fully saturated rings. The minimum atomic E-state index is -0.739. The molecule has 4 rings (SSSR count). The van der Waals surface area contributed by atoms with E-state index in [1.807, 2.05) is 0 Å². The van der Waals surface area contributed by atoms with Crippen molar-refractivity contribution < 1.29 is 19.8 Å². The number of aromatic hydroxyl groups is 1. The average Bonchev–Trinajstić information content (AvgIpc) is 2.52. The maximum atomic E-state index is 12.5. The summed E-state index contributed by atoms with van der Waals surface area (Å²) in [5, 5.41) is 22.7.